The summed E-state index contributed by atoms with van der Waals surface area (Å²) in [6, 6.07) is 3.78. The number of aldehydes is 1. The number of aliphatic hydroxyl groups excluding tert-OH is 1. The van der Waals surface area contributed by atoms with E-state index in [0.29, 0.717) is 9.86 Å². The molecule has 1 aromatic carbocycles. The number of hydrogen-bond acceptors (Lipinski definition) is 4. The predicted molar refractivity (Wildman–Crippen MR) is 91.1 cm³/mol. The molecule has 0 aliphatic heterocycles. The van der Waals surface area contributed by atoms with Crippen LogP contribution in [0.15, 0.2) is 30.0 Å². The van der Waals surface area contributed by atoms with Crippen molar-refractivity contribution in [3.63, 3.8) is 0 Å². The molecule has 22 heavy (non-hydrogen) atoms. The van der Waals surface area contributed by atoms with Crippen molar-refractivity contribution in [3.05, 3.63) is 44.9 Å². The first-order valence-corrected chi connectivity index (χ1v) is 7.80. The van der Waals surface area contributed by atoms with Crippen LogP contribution in [-0.4, -0.2) is 29.8 Å². The van der Waals surface area contributed by atoms with Crippen molar-refractivity contribution in [2.24, 2.45) is 5.41 Å². The van der Waals surface area contributed by atoms with Gasteiger partial charge in [0.05, 0.1) is 23.8 Å². The zero-order valence-corrected chi connectivity index (χ0v) is 14.8. The molecule has 4 nitrogen and oxygen atoms in total. The number of ketones is 1. The largest absolute Gasteiger partial charge is 0.394 e. The summed E-state index contributed by atoms with van der Waals surface area (Å²) in [7, 11) is 0. The van der Waals surface area contributed by atoms with E-state index in [4.69, 9.17) is 0 Å². The van der Waals surface area contributed by atoms with Crippen LogP contribution >= 0.6 is 22.6 Å². The standard InChI is InChI=1S/C16H19FINO3/c1-16(2,3)14(9-21)19-7-10(8-20)15(22)12-6-11(18)4-5-13(12)17/h4-8,14,19,21H,9H2,1-3H3/t14-/m1/s1. The number of benzene rings is 1. The Hall–Kier alpha value is -1.28. The van der Waals surface area contributed by atoms with E-state index in [-0.39, 0.29) is 29.2 Å². The number of nitrogens with one attached hydrogen (secondary N) is 1. The molecule has 0 bridgehead atoms. The third-order valence-corrected chi connectivity index (χ3v) is 3.90. The second-order valence-electron chi connectivity index (χ2n) is 5.94. The summed E-state index contributed by atoms with van der Waals surface area (Å²) in [6.45, 7) is 5.58. The van der Waals surface area contributed by atoms with E-state index in [1.165, 1.54) is 24.4 Å². The molecular weight excluding hydrogens is 400 g/mol. The Balaban J connectivity index is 3.05. The van der Waals surface area contributed by atoms with Crippen molar-refractivity contribution in [1.82, 2.24) is 5.32 Å². The van der Waals surface area contributed by atoms with Crippen molar-refractivity contribution in [2.45, 2.75) is 26.8 Å². The monoisotopic (exact) mass is 419 g/mol. The summed E-state index contributed by atoms with van der Waals surface area (Å²) >= 11 is 1.96. The second kappa shape index (κ2) is 7.82. The summed E-state index contributed by atoms with van der Waals surface area (Å²) in [4.78, 5) is 23.4. The van der Waals surface area contributed by atoms with E-state index in [1.54, 1.807) is 0 Å². The van der Waals surface area contributed by atoms with Gasteiger partial charge in [-0.05, 0) is 46.2 Å². The summed E-state index contributed by atoms with van der Waals surface area (Å²) < 4.78 is 14.4. The molecule has 0 fully saturated rings. The highest BCUT2D eigenvalue weighted by Crippen LogP contribution is 2.19. The summed E-state index contributed by atoms with van der Waals surface area (Å²) in [5.41, 5.74) is -0.609. The molecule has 0 saturated heterocycles. The number of rotatable bonds is 6. The highest BCUT2D eigenvalue weighted by atomic mass is 127. The smallest absolute Gasteiger partial charge is 0.200 e. The Labute approximate surface area is 142 Å². The topological polar surface area (TPSA) is 66.4 Å². The average Bonchev–Trinajstić information content (AvgIpc) is 2.44. The van der Waals surface area contributed by atoms with Gasteiger partial charge in [-0.3, -0.25) is 9.59 Å². The number of hydrogen-bond donors (Lipinski definition) is 2. The lowest BCUT2D eigenvalue weighted by Crippen LogP contribution is -2.40. The zero-order chi connectivity index (χ0) is 16.9. The van der Waals surface area contributed by atoms with Crippen molar-refractivity contribution < 1.29 is 19.1 Å². The minimum atomic E-state index is -0.691. The number of halogens is 2. The van der Waals surface area contributed by atoms with Crippen LogP contribution in [0.5, 0.6) is 0 Å². The fraction of sp³-hybridized carbons (Fsp3) is 0.375. The first-order chi connectivity index (χ1) is 10.2. The predicted octanol–water partition coefficient (Wildman–Crippen LogP) is 2.69. The molecule has 0 radical (unpaired) electrons. The van der Waals surface area contributed by atoms with Gasteiger partial charge in [-0.15, -0.1) is 0 Å². The number of carbonyl (C=O) groups excluding carboxylic acids is 2. The van der Waals surface area contributed by atoms with Gasteiger partial charge in [0.25, 0.3) is 0 Å². The Bertz CT molecular complexity index is 594. The number of carbonyl (C=O) groups is 2. The van der Waals surface area contributed by atoms with Crippen LogP contribution < -0.4 is 5.32 Å². The zero-order valence-electron chi connectivity index (χ0n) is 12.7. The molecule has 120 valence electrons. The Morgan fingerprint density at radius 3 is 2.59 bits per heavy atom. The summed E-state index contributed by atoms with van der Waals surface area (Å²) in [6.07, 6.45) is 1.62. The molecular formula is C16H19FINO3. The van der Waals surface area contributed by atoms with Gasteiger partial charge in [0.2, 0.25) is 5.78 Å². The SMILES string of the molecule is CC(C)(C)[C@@H](CO)NC=C(C=O)C(=O)c1cc(I)ccc1F. The lowest BCUT2D eigenvalue weighted by molar-refractivity contribution is -0.104. The summed E-state index contributed by atoms with van der Waals surface area (Å²) in [5, 5.41) is 12.2. The van der Waals surface area contributed by atoms with Crippen LogP contribution in [0.2, 0.25) is 0 Å². The normalized spacial score (nSPS) is 13.6. The Morgan fingerprint density at radius 2 is 2.09 bits per heavy atom. The third kappa shape index (κ3) is 4.88. The lowest BCUT2D eigenvalue weighted by atomic mass is 9.87. The van der Waals surface area contributed by atoms with Crippen LogP contribution in [-0.2, 0) is 4.79 Å². The van der Waals surface area contributed by atoms with Gasteiger partial charge in [-0.2, -0.15) is 0 Å². The highest BCUT2D eigenvalue weighted by molar-refractivity contribution is 14.1. The van der Waals surface area contributed by atoms with Crippen molar-refractivity contribution in [1.29, 1.82) is 0 Å². The maximum atomic E-state index is 13.7. The van der Waals surface area contributed by atoms with Gasteiger partial charge in [0, 0.05) is 9.77 Å². The van der Waals surface area contributed by atoms with Gasteiger partial charge in [-0.1, -0.05) is 20.8 Å². The van der Waals surface area contributed by atoms with E-state index in [0.717, 1.165) is 0 Å². The van der Waals surface area contributed by atoms with E-state index < -0.39 is 11.6 Å². The molecule has 0 aromatic heterocycles. The van der Waals surface area contributed by atoms with Gasteiger partial charge in [-0.25, -0.2) is 4.39 Å². The minimum Gasteiger partial charge on any atom is -0.394 e. The van der Waals surface area contributed by atoms with E-state index in [1.807, 2.05) is 43.4 Å². The molecule has 6 heteroatoms. The fourth-order valence-electron chi connectivity index (χ4n) is 1.75. The average molecular weight is 419 g/mol. The third-order valence-electron chi connectivity index (χ3n) is 3.23. The van der Waals surface area contributed by atoms with Crippen molar-refractivity contribution >= 4 is 34.7 Å². The van der Waals surface area contributed by atoms with Crippen molar-refractivity contribution in [2.75, 3.05) is 6.61 Å². The molecule has 0 spiro atoms. The van der Waals surface area contributed by atoms with Gasteiger partial charge < -0.3 is 10.4 Å². The van der Waals surface area contributed by atoms with Gasteiger partial charge >= 0.3 is 0 Å². The number of Topliss-reactive ketones (excluding diaryl/α,β-unsaturated/α-hetero) is 1. The maximum Gasteiger partial charge on any atom is 0.200 e. The van der Waals surface area contributed by atoms with Gasteiger partial charge in [0.15, 0.2) is 6.29 Å². The van der Waals surface area contributed by atoms with E-state index in [2.05, 4.69) is 5.32 Å². The summed E-state index contributed by atoms with van der Waals surface area (Å²) in [5.74, 6) is -1.36. The molecule has 0 amide bonds. The number of allylic oxidation sites excluding steroid dienone is 1. The van der Waals surface area contributed by atoms with Crippen LogP contribution in [0, 0.1) is 14.8 Å². The van der Waals surface area contributed by atoms with E-state index in [9.17, 15) is 19.1 Å². The maximum absolute atomic E-state index is 13.7. The molecule has 1 atom stereocenters. The second-order valence-corrected chi connectivity index (χ2v) is 7.18. The molecule has 0 aliphatic carbocycles. The van der Waals surface area contributed by atoms with Gasteiger partial charge in [0.1, 0.15) is 5.82 Å². The minimum absolute atomic E-state index is 0.150. The van der Waals surface area contributed by atoms with Crippen LogP contribution in [0.25, 0.3) is 0 Å². The molecule has 1 aromatic rings. The lowest BCUT2D eigenvalue weighted by Gasteiger charge is -2.29. The fourth-order valence-corrected chi connectivity index (χ4v) is 2.24. The van der Waals surface area contributed by atoms with Crippen LogP contribution in [0.1, 0.15) is 31.1 Å². The Morgan fingerprint density at radius 1 is 1.45 bits per heavy atom. The molecule has 2 N–H and O–H groups in total. The Kier molecular flexibility index (Phi) is 6.67. The quantitative estimate of drug-likeness (QED) is 0.186. The van der Waals surface area contributed by atoms with Crippen LogP contribution in [0.3, 0.4) is 0 Å². The van der Waals surface area contributed by atoms with Crippen LogP contribution in [0.4, 0.5) is 4.39 Å². The molecule has 1 rings (SSSR count). The first kappa shape index (κ1) is 18.8. The van der Waals surface area contributed by atoms with E-state index >= 15 is 0 Å². The number of aliphatic hydroxyl groups is 1. The first-order valence-electron chi connectivity index (χ1n) is 6.72. The molecule has 0 heterocycles. The van der Waals surface area contributed by atoms with Crippen molar-refractivity contribution in [3.8, 4) is 0 Å². The molecule has 0 unspecified atom stereocenters. The highest BCUT2D eigenvalue weighted by Gasteiger charge is 2.23. The molecule has 0 saturated carbocycles. The molecule has 0 aliphatic rings.